The zero-order chi connectivity index (χ0) is 24.0. The van der Waals surface area contributed by atoms with E-state index in [0.717, 1.165) is 23.4 Å². The molecule has 0 atom stereocenters. The molecule has 0 saturated carbocycles. The summed E-state index contributed by atoms with van der Waals surface area (Å²) in [6.45, 7) is 0. The van der Waals surface area contributed by atoms with Gasteiger partial charge in [-0.25, -0.2) is 9.97 Å². The lowest BCUT2D eigenvalue weighted by atomic mass is 10.2. The highest BCUT2D eigenvalue weighted by molar-refractivity contribution is 5.87. The highest BCUT2D eigenvalue weighted by Crippen LogP contribution is 2.33. The molecule has 0 unspecified atom stereocenters. The predicted octanol–water partition coefficient (Wildman–Crippen LogP) is 6.04. The fourth-order valence-electron chi connectivity index (χ4n) is 3.55. The van der Waals surface area contributed by atoms with Crippen LogP contribution in [-0.4, -0.2) is 30.1 Å². The van der Waals surface area contributed by atoms with Crippen LogP contribution in [0.2, 0.25) is 0 Å². The summed E-state index contributed by atoms with van der Waals surface area (Å²) in [4.78, 5) is 16.1. The van der Waals surface area contributed by atoms with Crippen molar-refractivity contribution in [3.05, 3.63) is 72.8 Å². The summed E-state index contributed by atoms with van der Waals surface area (Å²) in [6, 6.07) is 11.6. The van der Waals surface area contributed by atoms with Gasteiger partial charge in [-0.2, -0.15) is 23.3 Å². The molecule has 174 valence electrons. The minimum absolute atomic E-state index is 0.136. The van der Waals surface area contributed by atoms with Gasteiger partial charge in [-0.05, 0) is 42.5 Å². The van der Waals surface area contributed by atoms with E-state index in [4.69, 9.17) is 9.15 Å². The number of hydrogen-bond donors (Lipinski definition) is 3. The summed E-state index contributed by atoms with van der Waals surface area (Å²) < 4.78 is 49.9. The van der Waals surface area contributed by atoms with Crippen molar-refractivity contribution in [2.24, 2.45) is 0 Å². The van der Waals surface area contributed by atoms with Crippen molar-refractivity contribution in [3.8, 4) is 22.9 Å². The first-order valence-corrected chi connectivity index (χ1v) is 10.3. The second-order valence-corrected chi connectivity index (χ2v) is 7.56. The van der Waals surface area contributed by atoms with Gasteiger partial charge in [0.2, 0.25) is 5.88 Å². The molecule has 0 aliphatic rings. The van der Waals surface area contributed by atoms with Gasteiger partial charge in [-0.15, -0.1) is 0 Å². The van der Waals surface area contributed by atoms with Crippen LogP contribution in [0.1, 0.15) is 5.56 Å². The fourth-order valence-corrected chi connectivity index (χ4v) is 3.55. The van der Waals surface area contributed by atoms with Crippen LogP contribution in [0.25, 0.3) is 33.4 Å². The van der Waals surface area contributed by atoms with Crippen LogP contribution < -0.4 is 10.1 Å². The number of alkyl halides is 3. The van der Waals surface area contributed by atoms with E-state index in [1.807, 2.05) is 6.07 Å². The predicted molar refractivity (Wildman–Crippen MR) is 120 cm³/mol. The Morgan fingerprint density at radius 3 is 2.63 bits per heavy atom. The minimum atomic E-state index is -4.40. The average molecular weight is 477 g/mol. The number of fused-ring (bicyclic) bond motifs is 2. The second-order valence-electron chi connectivity index (χ2n) is 7.56. The van der Waals surface area contributed by atoms with E-state index in [-0.39, 0.29) is 6.01 Å². The molecule has 6 rings (SSSR count). The third kappa shape index (κ3) is 4.01. The highest BCUT2D eigenvalue weighted by atomic mass is 19.4. The zero-order valence-corrected chi connectivity index (χ0v) is 17.6. The molecule has 0 aliphatic heterocycles. The van der Waals surface area contributed by atoms with Crippen molar-refractivity contribution < 1.29 is 22.3 Å². The number of hydrogen-bond acceptors (Lipinski definition) is 7. The normalized spacial score (nSPS) is 11.9. The number of halogens is 3. The van der Waals surface area contributed by atoms with Crippen LogP contribution in [0.4, 0.5) is 24.9 Å². The maximum atomic E-state index is 12.8. The summed E-state index contributed by atoms with van der Waals surface area (Å²) in [5.74, 6) is 0.824. The number of nitrogens with one attached hydrogen (secondary N) is 3. The lowest BCUT2D eigenvalue weighted by Gasteiger charge is -2.07. The van der Waals surface area contributed by atoms with Crippen molar-refractivity contribution in [1.82, 2.24) is 30.1 Å². The van der Waals surface area contributed by atoms with Crippen LogP contribution in [0.3, 0.4) is 0 Å². The molecule has 3 N–H and O–H groups in total. The number of H-pyrrole nitrogens is 2. The average Bonchev–Trinajstić information content (AvgIpc) is 3.58. The highest BCUT2D eigenvalue weighted by Gasteiger charge is 2.30. The topological polar surface area (TPSA) is 118 Å². The molecule has 0 fully saturated rings. The molecule has 2 aromatic carbocycles. The fraction of sp³-hybridized carbons (Fsp3) is 0.0435. The van der Waals surface area contributed by atoms with Crippen LogP contribution in [0, 0.1) is 0 Å². The van der Waals surface area contributed by atoms with Crippen LogP contribution >= 0.6 is 0 Å². The molecule has 12 heteroatoms. The molecule has 4 heterocycles. The molecule has 0 saturated heterocycles. The van der Waals surface area contributed by atoms with Gasteiger partial charge in [0.15, 0.2) is 5.58 Å². The quantitative estimate of drug-likeness (QED) is 0.277. The second kappa shape index (κ2) is 7.87. The van der Waals surface area contributed by atoms with E-state index in [9.17, 15) is 13.2 Å². The standard InChI is InChI=1S/C23H14F3N7O2/c24-23(25,26)13-1-3-14(4-2-13)31-22-33-18-7-15(5-6-19(18)35-22)34-21-16-8-17(12-9-29-30-10-12)32-20(16)27-11-28-21/h1-11H,(H,29,30)(H,31,33)(H,27,28,32). The minimum Gasteiger partial charge on any atom is -0.438 e. The van der Waals surface area contributed by atoms with Crippen molar-refractivity contribution in [2.75, 3.05) is 5.32 Å². The van der Waals surface area contributed by atoms with Crippen molar-refractivity contribution in [2.45, 2.75) is 6.18 Å². The van der Waals surface area contributed by atoms with Gasteiger partial charge in [0.05, 0.1) is 22.8 Å². The molecule has 0 spiro atoms. The Hall–Kier alpha value is -4.87. The first kappa shape index (κ1) is 20.7. The van der Waals surface area contributed by atoms with Gasteiger partial charge in [-0.3, -0.25) is 5.10 Å². The molecule has 4 aromatic heterocycles. The monoisotopic (exact) mass is 477 g/mol. The molecular formula is C23H14F3N7O2. The zero-order valence-electron chi connectivity index (χ0n) is 17.6. The first-order chi connectivity index (χ1) is 16.9. The molecule has 6 aromatic rings. The van der Waals surface area contributed by atoms with E-state index in [1.54, 1.807) is 30.6 Å². The molecule has 0 aliphatic carbocycles. The lowest BCUT2D eigenvalue weighted by molar-refractivity contribution is -0.137. The van der Waals surface area contributed by atoms with Gasteiger partial charge < -0.3 is 19.5 Å². The van der Waals surface area contributed by atoms with Gasteiger partial charge in [0, 0.05) is 23.5 Å². The Morgan fingerprint density at radius 1 is 1.00 bits per heavy atom. The number of anilines is 2. The molecule has 9 nitrogen and oxygen atoms in total. The van der Waals surface area contributed by atoms with E-state index in [0.29, 0.717) is 39.5 Å². The molecule has 0 amide bonds. The van der Waals surface area contributed by atoms with Crippen molar-refractivity contribution in [1.29, 1.82) is 0 Å². The molecular weight excluding hydrogens is 463 g/mol. The Balaban J connectivity index is 1.25. The third-order valence-electron chi connectivity index (χ3n) is 5.24. The number of oxazole rings is 1. The Bertz CT molecular complexity index is 1640. The number of benzene rings is 2. The number of nitrogens with zero attached hydrogens (tertiary/aromatic N) is 4. The number of aromatic nitrogens is 6. The van der Waals surface area contributed by atoms with Crippen LogP contribution in [0.5, 0.6) is 11.6 Å². The summed E-state index contributed by atoms with van der Waals surface area (Å²) in [7, 11) is 0. The molecule has 0 radical (unpaired) electrons. The third-order valence-corrected chi connectivity index (χ3v) is 5.24. The van der Waals surface area contributed by atoms with E-state index >= 15 is 0 Å². The lowest BCUT2D eigenvalue weighted by Crippen LogP contribution is -2.04. The van der Waals surface area contributed by atoms with E-state index in [1.165, 1.54) is 18.5 Å². The largest absolute Gasteiger partial charge is 0.438 e. The Morgan fingerprint density at radius 2 is 1.86 bits per heavy atom. The van der Waals surface area contributed by atoms with Gasteiger partial charge in [0.25, 0.3) is 6.01 Å². The Labute approximate surface area is 194 Å². The summed E-state index contributed by atoms with van der Waals surface area (Å²) in [6.07, 6.45) is 0.442. The smallest absolute Gasteiger partial charge is 0.416 e. The van der Waals surface area contributed by atoms with Crippen molar-refractivity contribution in [3.63, 3.8) is 0 Å². The maximum absolute atomic E-state index is 12.8. The van der Waals surface area contributed by atoms with Crippen molar-refractivity contribution >= 4 is 33.8 Å². The van der Waals surface area contributed by atoms with Gasteiger partial charge in [0.1, 0.15) is 23.2 Å². The SMILES string of the molecule is FC(F)(F)c1ccc(Nc2nc3cc(Oc4ncnc5[nH]c(-c6cn[nH]c6)cc45)ccc3o2)cc1. The number of aromatic amines is 2. The van der Waals surface area contributed by atoms with E-state index < -0.39 is 11.7 Å². The van der Waals surface area contributed by atoms with Gasteiger partial charge in [-0.1, -0.05) is 0 Å². The van der Waals surface area contributed by atoms with Crippen LogP contribution in [-0.2, 0) is 6.18 Å². The number of ether oxygens (including phenoxy) is 1. The summed E-state index contributed by atoms with van der Waals surface area (Å²) in [5, 5.41) is 10.3. The molecule has 0 bridgehead atoms. The Kier molecular flexibility index (Phi) is 4.66. The van der Waals surface area contributed by atoms with E-state index in [2.05, 4.69) is 35.5 Å². The summed E-state index contributed by atoms with van der Waals surface area (Å²) in [5.41, 5.74) is 2.93. The summed E-state index contributed by atoms with van der Waals surface area (Å²) >= 11 is 0. The molecule has 35 heavy (non-hydrogen) atoms. The van der Waals surface area contributed by atoms with Crippen LogP contribution in [0.15, 0.2) is 71.7 Å². The number of rotatable bonds is 5. The van der Waals surface area contributed by atoms with Gasteiger partial charge >= 0.3 is 6.18 Å². The first-order valence-electron chi connectivity index (χ1n) is 10.3. The maximum Gasteiger partial charge on any atom is 0.416 e.